The first-order valence-electron chi connectivity index (χ1n) is 9.68. The van der Waals surface area contributed by atoms with Crippen LogP contribution in [0.15, 0.2) is 42.5 Å². The van der Waals surface area contributed by atoms with Crippen LogP contribution in [0.5, 0.6) is 5.75 Å². The van der Waals surface area contributed by atoms with Gasteiger partial charge in [0.25, 0.3) is 10.1 Å². The molecule has 0 saturated carbocycles. The number of benzene rings is 2. The van der Waals surface area contributed by atoms with E-state index in [-0.39, 0.29) is 16.9 Å². The van der Waals surface area contributed by atoms with E-state index >= 15 is 0 Å². The summed E-state index contributed by atoms with van der Waals surface area (Å²) in [5.41, 5.74) is 5.82. The van der Waals surface area contributed by atoms with Crippen molar-refractivity contribution in [2.45, 2.75) is 39.5 Å². The van der Waals surface area contributed by atoms with Crippen molar-refractivity contribution in [3.63, 3.8) is 0 Å². The van der Waals surface area contributed by atoms with Crippen molar-refractivity contribution in [1.82, 2.24) is 0 Å². The molecule has 2 aromatic rings. The standard InChI is InChI=1S/C23H27NO4S/c1-16-14-18(21(25)15-17(16)2)10-11-22-23(3,4)19-8-5-6-9-20(19)24(22)12-7-13-29(26,27)28/h5-6,8-11,14-15H,7,12-13H2,1-4H3,(H,26,27,28)/p+1. The number of hydrogen-bond donors (Lipinski definition) is 2. The average Bonchev–Trinajstić information content (AvgIpc) is 2.83. The van der Waals surface area contributed by atoms with E-state index in [0.717, 1.165) is 33.7 Å². The summed E-state index contributed by atoms with van der Waals surface area (Å²) in [6.07, 6.45) is 4.22. The van der Waals surface area contributed by atoms with Gasteiger partial charge in [0.2, 0.25) is 5.69 Å². The number of phenolic OH excluding ortho intramolecular Hbond substituents is 1. The van der Waals surface area contributed by atoms with Crippen LogP contribution in [-0.2, 0) is 15.5 Å². The number of fused-ring (bicyclic) bond motifs is 1. The van der Waals surface area contributed by atoms with Crippen molar-refractivity contribution in [2.75, 3.05) is 12.3 Å². The molecule has 1 heterocycles. The van der Waals surface area contributed by atoms with Gasteiger partial charge in [0, 0.05) is 29.7 Å². The molecule has 0 radical (unpaired) electrons. The number of rotatable bonds is 6. The lowest BCUT2D eigenvalue weighted by Gasteiger charge is -2.15. The molecule has 1 aliphatic rings. The van der Waals surface area contributed by atoms with Crippen LogP contribution >= 0.6 is 0 Å². The molecule has 0 fully saturated rings. The summed E-state index contributed by atoms with van der Waals surface area (Å²) in [6.45, 7) is 8.71. The second kappa shape index (κ2) is 7.76. The molecule has 2 N–H and O–H groups in total. The Morgan fingerprint density at radius 2 is 1.72 bits per heavy atom. The van der Waals surface area contributed by atoms with Crippen molar-refractivity contribution in [3.05, 3.63) is 64.7 Å². The molecule has 0 aromatic heterocycles. The van der Waals surface area contributed by atoms with Crippen LogP contribution < -0.4 is 0 Å². The smallest absolute Gasteiger partial charge is 0.265 e. The van der Waals surface area contributed by atoms with Crippen LogP contribution in [0, 0.1) is 13.8 Å². The highest BCUT2D eigenvalue weighted by Gasteiger charge is 2.43. The van der Waals surface area contributed by atoms with E-state index in [1.54, 1.807) is 6.07 Å². The van der Waals surface area contributed by atoms with Crippen LogP contribution in [0.1, 0.15) is 42.5 Å². The van der Waals surface area contributed by atoms with E-state index in [4.69, 9.17) is 4.55 Å². The lowest BCUT2D eigenvalue weighted by molar-refractivity contribution is -0.437. The van der Waals surface area contributed by atoms with E-state index < -0.39 is 10.1 Å². The largest absolute Gasteiger partial charge is 0.507 e. The summed E-state index contributed by atoms with van der Waals surface area (Å²) >= 11 is 0. The molecule has 1 aliphatic heterocycles. The van der Waals surface area contributed by atoms with Crippen molar-refractivity contribution in [1.29, 1.82) is 0 Å². The maximum atomic E-state index is 11.2. The van der Waals surface area contributed by atoms with E-state index in [9.17, 15) is 13.5 Å². The van der Waals surface area contributed by atoms with Crippen LogP contribution in [0.3, 0.4) is 0 Å². The Bertz CT molecular complexity index is 1110. The quantitative estimate of drug-likeness (QED) is 0.543. The molecule has 2 aromatic carbocycles. The van der Waals surface area contributed by atoms with Gasteiger partial charge in [-0.05, 0) is 57.0 Å². The van der Waals surface area contributed by atoms with Crippen LogP contribution in [-0.4, -0.2) is 40.7 Å². The minimum atomic E-state index is -4.00. The van der Waals surface area contributed by atoms with Crippen molar-refractivity contribution in [3.8, 4) is 5.75 Å². The SMILES string of the molecule is Cc1cc(O)c(/C=C/C2=[N+](CCCS(=O)(=O)O)c3ccccc3C2(C)C)cc1C. The van der Waals surface area contributed by atoms with Crippen molar-refractivity contribution >= 4 is 27.6 Å². The third-order valence-corrected chi connectivity index (χ3v) is 6.45. The highest BCUT2D eigenvalue weighted by Crippen LogP contribution is 2.40. The fourth-order valence-corrected chi connectivity index (χ4v) is 4.41. The number of nitrogens with zero attached hydrogens (tertiary/aromatic N) is 1. The average molecular weight is 415 g/mol. The molecule has 0 atom stereocenters. The van der Waals surface area contributed by atoms with Gasteiger partial charge in [-0.3, -0.25) is 4.55 Å². The maximum Gasteiger partial charge on any atom is 0.265 e. The van der Waals surface area contributed by atoms with Gasteiger partial charge >= 0.3 is 0 Å². The minimum Gasteiger partial charge on any atom is -0.507 e. The van der Waals surface area contributed by atoms with E-state index in [0.29, 0.717) is 13.0 Å². The lowest BCUT2D eigenvalue weighted by atomic mass is 9.81. The normalized spacial score (nSPS) is 15.9. The van der Waals surface area contributed by atoms with Gasteiger partial charge in [-0.1, -0.05) is 18.2 Å². The van der Waals surface area contributed by atoms with Crippen LogP contribution in [0.2, 0.25) is 0 Å². The fraction of sp³-hybridized carbons (Fsp3) is 0.348. The zero-order valence-corrected chi connectivity index (χ0v) is 18.1. The molecule has 5 nitrogen and oxygen atoms in total. The topological polar surface area (TPSA) is 77.6 Å². The third kappa shape index (κ3) is 4.43. The number of allylic oxidation sites excluding steroid dienone is 1. The van der Waals surface area contributed by atoms with Gasteiger partial charge in [0.05, 0.1) is 11.2 Å². The second-order valence-electron chi connectivity index (χ2n) is 8.15. The number of para-hydroxylation sites is 1. The molecule has 3 rings (SSSR count). The monoisotopic (exact) mass is 414 g/mol. The Morgan fingerprint density at radius 1 is 1.07 bits per heavy atom. The predicted octanol–water partition coefficient (Wildman–Crippen LogP) is 4.38. The van der Waals surface area contributed by atoms with Crippen molar-refractivity contribution in [2.24, 2.45) is 0 Å². The number of aromatic hydroxyl groups is 1. The Morgan fingerprint density at radius 3 is 2.41 bits per heavy atom. The summed E-state index contributed by atoms with van der Waals surface area (Å²) in [6, 6.07) is 11.8. The molecule has 0 amide bonds. The van der Waals surface area contributed by atoms with E-state index in [1.165, 1.54) is 0 Å². The summed E-state index contributed by atoms with van der Waals surface area (Å²) in [7, 11) is -4.00. The Balaban J connectivity index is 2.04. The minimum absolute atomic E-state index is 0.233. The zero-order valence-electron chi connectivity index (χ0n) is 17.3. The highest BCUT2D eigenvalue weighted by atomic mass is 32.2. The Kier molecular flexibility index (Phi) is 5.70. The Hall–Kier alpha value is -2.44. The molecule has 0 aliphatic carbocycles. The number of phenols is 1. The predicted molar refractivity (Wildman–Crippen MR) is 117 cm³/mol. The molecule has 0 saturated heterocycles. The zero-order chi connectivity index (χ0) is 21.4. The van der Waals surface area contributed by atoms with E-state index in [2.05, 4.69) is 24.5 Å². The number of aryl methyl sites for hydroxylation is 2. The fourth-order valence-electron chi connectivity index (χ4n) is 3.91. The highest BCUT2D eigenvalue weighted by molar-refractivity contribution is 7.85. The summed E-state index contributed by atoms with van der Waals surface area (Å²) < 4.78 is 33.5. The lowest BCUT2D eigenvalue weighted by Crippen LogP contribution is -2.28. The van der Waals surface area contributed by atoms with Gasteiger partial charge in [-0.15, -0.1) is 0 Å². The first-order valence-corrected chi connectivity index (χ1v) is 11.3. The van der Waals surface area contributed by atoms with Crippen molar-refractivity contribution < 1.29 is 22.7 Å². The van der Waals surface area contributed by atoms with E-state index in [1.807, 2.05) is 50.3 Å². The second-order valence-corrected chi connectivity index (χ2v) is 9.72. The molecule has 154 valence electrons. The Labute approximate surface area is 172 Å². The third-order valence-electron chi connectivity index (χ3n) is 5.65. The first-order chi connectivity index (χ1) is 13.5. The summed E-state index contributed by atoms with van der Waals surface area (Å²) in [4.78, 5) is 0. The van der Waals surface area contributed by atoms with Crippen LogP contribution in [0.4, 0.5) is 5.69 Å². The number of hydrogen-bond acceptors (Lipinski definition) is 3. The molecule has 0 spiro atoms. The molecule has 0 unspecified atom stereocenters. The van der Waals surface area contributed by atoms with Gasteiger partial charge in [0.1, 0.15) is 12.3 Å². The van der Waals surface area contributed by atoms with Gasteiger partial charge < -0.3 is 5.11 Å². The molecular formula is C23H28NO4S+. The molecule has 0 bridgehead atoms. The van der Waals surface area contributed by atoms with Crippen LogP contribution in [0.25, 0.3) is 6.08 Å². The first kappa shape index (κ1) is 21.3. The summed E-state index contributed by atoms with van der Waals surface area (Å²) in [5, 5.41) is 10.3. The maximum absolute atomic E-state index is 11.2. The molecule has 29 heavy (non-hydrogen) atoms. The van der Waals surface area contributed by atoms with Gasteiger partial charge in [-0.2, -0.15) is 13.0 Å². The molecule has 6 heteroatoms. The summed E-state index contributed by atoms with van der Waals surface area (Å²) in [5.74, 6) is -0.0442. The van der Waals surface area contributed by atoms with Gasteiger partial charge in [-0.25, -0.2) is 0 Å². The molecular weight excluding hydrogens is 386 g/mol. The van der Waals surface area contributed by atoms with Gasteiger partial charge in [0.15, 0.2) is 5.71 Å².